The second kappa shape index (κ2) is 7.22. The molecule has 1 N–H and O–H groups in total. The Kier molecular flexibility index (Phi) is 5.33. The lowest BCUT2D eigenvalue weighted by Gasteiger charge is -2.22. The number of nitrogens with one attached hydrogen (secondary N) is 1. The minimum Gasteiger partial charge on any atom is -0.383 e. The van der Waals surface area contributed by atoms with E-state index in [2.05, 4.69) is 29.0 Å². The summed E-state index contributed by atoms with van der Waals surface area (Å²) in [6.45, 7) is 7.12. The maximum absolute atomic E-state index is 13.6. The number of benzene rings is 1. The molecule has 1 aromatic carbocycles. The Bertz CT molecular complexity index is 599. The molecule has 0 saturated heterocycles. The number of hydrogen-bond acceptors (Lipinski definition) is 4. The van der Waals surface area contributed by atoms with Crippen LogP contribution >= 0.6 is 0 Å². The smallest absolute Gasteiger partial charge is 0.136 e. The number of hydrogen-bond donors (Lipinski definition) is 1. The predicted octanol–water partition coefficient (Wildman–Crippen LogP) is 3.28. The minimum atomic E-state index is -0.244. The Morgan fingerprint density at radius 3 is 2.67 bits per heavy atom. The van der Waals surface area contributed by atoms with Crippen LogP contribution in [-0.2, 0) is 4.74 Å². The molecule has 0 fully saturated rings. The molecule has 1 heterocycles. The first kappa shape index (κ1) is 15.5. The summed E-state index contributed by atoms with van der Waals surface area (Å²) in [6.07, 6.45) is 1.81. The van der Waals surface area contributed by atoms with Gasteiger partial charge in [0.2, 0.25) is 0 Å². The zero-order valence-corrected chi connectivity index (χ0v) is 12.8. The number of pyridine rings is 1. The van der Waals surface area contributed by atoms with Crippen LogP contribution in [0.15, 0.2) is 24.4 Å². The van der Waals surface area contributed by atoms with Crippen molar-refractivity contribution >= 4 is 22.3 Å². The van der Waals surface area contributed by atoms with Crippen molar-refractivity contribution in [1.82, 2.24) is 4.98 Å². The van der Waals surface area contributed by atoms with Gasteiger partial charge in [-0.2, -0.15) is 0 Å². The molecule has 0 spiro atoms. The summed E-state index contributed by atoms with van der Waals surface area (Å²) in [5, 5.41) is 5.09. The van der Waals surface area contributed by atoms with Gasteiger partial charge in [-0.15, -0.1) is 0 Å². The monoisotopic (exact) mass is 291 g/mol. The summed E-state index contributed by atoms with van der Waals surface area (Å²) in [5.41, 5.74) is 0.901. The van der Waals surface area contributed by atoms with Gasteiger partial charge in [-0.05, 0) is 32.0 Å². The van der Waals surface area contributed by atoms with Crippen LogP contribution in [-0.4, -0.2) is 38.3 Å². The first-order valence-electron chi connectivity index (χ1n) is 7.27. The van der Waals surface area contributed by atoms with Gasteiger partial charge in [0, 0.05) is 37.5 Å². The molecule has 2 aromatic rings. The van der Waals surface area contributed by atoms with Gasteiger partial charge in [-0.1, -0.05) is 0 Å². The van der Waals surface area contributed by atoms with Crippen molar-refractivity contribution in [3.63, 3.8) is 0 Å². The predicted molar refractivity (Wildman–Crippen MR) is 85.6 cm³/mol. The summed E-state index contributed by atoms with van der Waals surface area (Å²) in [7, 11) is 1.66. The molecule has 0 atom stereocenters. The number of fused-ring (bicyclic) bond motifs is 1. The molecule has 5 heteroatoms. The standard InChI is InChI=1S/C16H22FN3O/c1-4-20(5-2)16-14-10-12(17)6-7-13(14)15(11-19-16)18-8-9-21-3/h6-7,10-11,18H,4-5,8-9H2,1-3H3. The molecule has 0 aliphatic heterocycles. The lowest BCUT2D eigenvalue weighted by molar-refractivity contribution is 0.211. The highest BCUT2D eigenvalue weighted by Crippen LogP contribution is 2.30. The molecule has 0 unspecified atom stereocenters. The van der Waals surface area contributed by atoms with Crippen molar-refractivity contribution < 1.29 is 9.13 Å². The van der Waals surface area contributed by atoms with E-state index >= 15 is 0 Å². The van der Waals surface area contributed by atoms with E-state index < -0.39 is 0 Å². The van der Waals surface area contributed by atoms with E-state index in [0.717, 1.165) is 35.4 Å². The molecule has 0 saturated carbocycles. The normalized spacial score (nSPS) is 10.9. The maximum Gasteiger partial charge on any atom is 0.136 e. The molecule has 0 bridgehead atoms. The van der Waals surface area contributed by atoms with Crippen LogP contribution in [0, 0.1) is 5.82 Å². The molecule has 4 nitrogen and oxygen atoms in total. The molecule has 1 aromatic heterocycles. The average molecular weight is 291 g/mol. The summed E-state index contributed by atoms with van der Waals surface area (Å²) in [4.78, 5) is 6.65. The lowest BCUT2D eigenvalue weighted by atomic mass is 10.1. The van der Waals surface area contributed by atoms with Gasteiger partial charge in [0.1, 0.15) is 11.6 Å². The number of methoxy groups -OCH3 is 1. The summed E-state index contributed by atoms with van der Waals surface area (Å²) >= 11 is 0. The third-order valence-corrected chi connectivity index (χ3v) is 3.51. The van der Waals surface area contributed by atoms with Crippen LogP contribution in [0.25, 0.3) is 10.8 Å². The molecule has 21 heavy (non-hydrogen) atoms. The first-order valence-corrected chi connectivity index (χ1v) is 7.27. The fourth-order valence-electron chi connectivity index (χ4n) is 2.40. The number of nitrogens with zero attached hydrogens (tertiary/aromatic N) is 2. The highest BCUT2D eigenvalue weighted by molar-refractivity contribution is 6.00. The van der Waals surface area contributed by atoms with Crippen molar-refractivity contribution in [3.8, 4) is 0 Å². The van der Waals surface area contributed by atoms with Crippen molar-refractivity contribution in [2.45, 2.75) is 13.8 Å². The van der Waals surface area contributed by atoms with E-state index in [1.165, 1.54) is 6.07 Å². The molecule has 2 rings (SSSR count). The minimum absolute atomic E-state index is 0.244. The van der Waals surface area contributed by atoms with Crippen LogP contribution in [0.1, 0.15) is 13.8 Å². The second-order valence-electron chi connectivity index (χ2n) is 4.78. The van der Waals surface area contributed by atoms with Crippen molar-refractivity contribution in [2.24, 2.45) is 0 Å². The van der Waals surface area contributed by atoms with E-state index in [4.69, 9.17) is 4.74 Å². The van der Waals surface area contributed by atoms with E-state index in [1.807, 2.05) is 6.20 Å². The summed E-state index contributed by atoms with van der Waals surface area (Å²) < 4.78 is 18.7. The topological polar surface area (TPSA) is 37.4 Å². The van der Waals surface area contributed by atoms with Gasteiger partial charge < -0.3 is 15.0 Å². The molecule has 0 radical (unpaired) electrons. The molecule has 0 amide bonds. The van der Waals surface area contributed by atoms with Gasteiger partial charge in [0.15, 0.2) is 0 Å². The third-order valence-electron chi connectivity index (χ3n) is 3.51. The Hall–Kier alpha value is -1.88. The maximum atomic E-state index is 13.6. The molecular weight excluding hydrogens is 269 g/mol. The molecular formula is C16H22FN3O. The highest BCUT2D eigenvalue weighted by atomic mass is 19.1. The van der Waals surface area contributed by atoms with Crippen molar-refractivity contribution in [2.75, 3.05) is 43.6 Å². The number of halogens is 1. The van der Waals surface area contributed by atoms with Gasteiger partial charge in [0.05, 0.1) is 18.5 Å². The number of anilines is 2. The zero-order chi connectivity index (χ0) is 15.2. The number of rotatable bonds is 7. The van der Waals surface area contributed by atoms with Gasteiger partial charge in [-0.25, -0.2) is 9.37 Å². The first-order chi connectivity index (χ1) is 10.2. The van der Waals surface area contributed by atoms with Crippen molar-refractivity contribution in [1.29, 1.82) is 0 Å². The van der Waals surface area contributed by atoms with Crippen LogP contribution in [0.2, 0.25) is 0 Å². The average Bonchev–Trinajstić information content (AvgIpc) is 2.50. The largest absolute Gasteiger partial charge is 0.383 e. The van der Waals surface area contributed by atoms with Crippen LogP contribution in [0.3, 0.4) is 0 Å². The van der Waals surface area contributed by atoms with E-state index in [-0.39, 0.29) is 5.82 Å². The third kappa shape index (κ3) is 3.42. The second-order valence-corrected chi connectivity index (χ2v) is 4.78. The van der Waals surface area contributed by atoms with Gasteiger partial charge >= 0.3 is 0 Å². The Morgan fingerprint density at radius 1 is 1.24 bits per heavy atom. The fourth-order valence-corrected chi connectivity index (χ4v) is 2.40. The van der Waals surface area contributed by atoms with Crippen LogP contribution < -0.4 is 10.2 Å². The quantitative estimate of drug-likeness (QED) is 0.794. The van der Waals surface area contributed by atoms with Crippen LogP contribution in [0.4, 0.5) is 15.9 Å². The van der Waals surface area contributed by atoms with E-state index in [0.29, 0.717) is 13.2 Å². The Labute approximate surface area is 124 Å². The Morgan fingerprint density at radius 2 is 2.00 bits per heavy atom. The molecule has 0 aliphatic carbocycles. The fraction of sp³-hybridized carbons (Fsp3) is 0.438. The summed E-state index contributed by atoms with van der Waals surface area (Å²) in [5.74, 6) is 0.582. The Balaban J connectivity index is 2.48. The summed E-state index contributed by atoms with van der Waals surface area (Å²) in [6, 6.07) is 4.84. The number of ether oxygens (including phenoxy) is 1. The molecule has 0 aliphatic rings. The lowest BCUT2D eigenvalue weighted by Crippen LogP contribution is -2.23. The van der Waals surface area contributed by atoms with E-state index in [9.17, 15) is 4.39 Å². The van der Waals surface area contributed by atoms with Crippen LogP contribution in [0.5, 0.6) is 0 Å². The van der Waals surface area contributed by atoms with Gasteiger partial charge in [0.25, 0.3) is 0 Å². The van der Waals surface area contributed by atoms with Gasteiger partial charge in [-0.3, -0.25) is 0 Å². The molecule has 114 valence electrons. The van der Waals surface area contributed by atoms with E-state index in [1.54, 1.807) is 19.2 Å². The highest BCUT2D eigenvalue weighted by Gasteiger charge is 2.12. The van der Waals surface area contributed by atoms with Crippen molar-refractivity contribution in [3.05, 3.63) is 30.2 Å². The SMILES string of the molecule is CCN(CC)c1ncc(NCCOC)c2ccc(F)cc12. The number of aromatic nitrogens is 1. The zero-order valence-electron chi connectivity index (χ0n) is 12.8.